The molecule has 0 rings (SSSR count). The maximum Gasteiger partial charge on any atom is 0.330 e. The third kappa shape index (κ3) is 8.18. The predicted octanol–water partition coefficient (Wildman–Crippen LogP) is 2.23. The zero-order valence-corrected chi connectivity index (χ0v) is 10.2. The van der Waals surface area contributed by atoms with Gasteiger partial charge in [0.05, 0.1) is 6.61 Å². The lowest BCUT2D eigenvalue weighted by molar-refractivity contribution is -0.137. The molecule has 0 saturated carbocycles. The number of hydrogen-bond acceptors (Lipinski definition) is 3. The van der Waals surface area contributed by atoms with Crippen molar-refractivity contribution in [3.8, 4) is 0 Å². The van der Waals surface area contributed by atoms with Gasteiger partial charge in [0.25, 0.3) is 0 Å². The quantitative estimate of drug-likeness (QED) is 0.352. The fraction of sp³-hybridized carbons (Fsp3) is 0.750. The summed E-state index contributed by atoms with van der Waals surface area (Å²) in [6.07, 6.45) is 5.17. The van der Waals surface area contributed by atoms with Gasteiger partial charge in [0.1, 0.15) is 0 Å². The molecule has 88 valence electrons. The van der Waals surface area contributed by atoms with E-state index < -0.39 is 0 Å². The summed E-state index contributed by atoms with van der Waals surface area (Å²) in [4.78, 5) is 13.3. The minimum absolute atomic E-state index is 0.236. The third-order valence-corrected chi connectivity index (χ3v) is 2.31. The number of ether oxygens (including phenoxy) is 1. The van der Waals surface area contributed by atoms with E-state index in [0.29, 0.717) is 6.61 Å². The molecule has 0 aromatic carbocycles. The van der Waals surface area contributed by atoms with Gasteiger partial charge in [0.2, 0.25) is 0 Å². The SMILES string of the molecule is C/C=C/C(=O)OCCCCN(CC)CC. The Kier molecular flexibility index (Phi) is 9.18. The topological polar surface area (TPSA) is 29.5 Å². The highest BCUT2D eigenvalue weighted by atomic mass is 16.5. The lowest BCUT2D eigenvalue weighted by atomic mass is 10.3. The summed E-state index contributed by atoms with van der Waals surface area (Å²) in [7, 11) is 0. The monoisotopic (exact) mass is 213 g/mol. The highest BCUT2D eigenvalue weighted by Crippen LogP contribution is 1.96. The van der Waals surface area contributed by atoms with Crippen LogP contribution in [0.2, 0.25) is 0 Å². The van der Waals surface area contributed by atoms with Crippen LogP contribution in [0.4, 0.5) is 0 Å². The van der Waals surface area contributed by atoms with Crippen molar-refractivity contribution in [1.82, 2.24) is 4.90 Å². The maximum absolute atomic E-state index is 10.9. The Morgan fingerprint density at radius 1 is 1.27 bits per heavy atom. The highest BCUT2D eigenvalue weighted by Gasteiger charge is 1.99. The van der Waals surface area contributed by atoms with Gasteiger partial charge in [0, 0.05) is 6.08 Å². The number of carbonyl (C=O) groups is 1. The van der Waals surface area contributed by atoms with Crippen LogP contribution in [0.5, 0.6) is 0 Å². The average molecular weight is 213 g/mol. The zero-order valence-electron chi connectivity index (χ0n) is 10.2. The minimum atomic E-state index is -0.236. The van der Waals surface area contributed by atoms with Crippen LogP contribution in [0.3, 0.4) is 0 Å². The molecule has 0 atom stereocenters. The third-order valence-electron chi connectivity index (χ3n) is 2.31. The maximum atomic E-state index is 10.9. The molecular weight excluding hydrogens is 190 g/mol. The Hall–Kier alpha value is -0.830. The van der Waals surface area contributed by atoms with Crippen LogP contribution in [0.25, 0.3) is 0 Å². The van der Waals surface area contributed by atoms with E-state index in [4.69, 9.17) is 4.74 Å². The van der Waals surface area contributed by atoms with Crippen molar-refractivity contribution in [2.75, 3.05) is 26.2 Å². The lowest BCUT2D eigenvalue weighted by Crippen LogP contribution is -2.24. The Labute approximate surface area is 93.1 Å². The molecule has 0 aliphatic rings. The van der Waals surface area contributed by atoms with Gasteiger partial charge in [-0.1, -0.05) is 19.9 Å². The van der Waals surface area contributed by atoms with E-state index in [1.165, 1.54) is 6.08 Å². The summed E-state index contributed by atoms with van der Waals surface area (Å²) in [5.74, 6) is -0.236. The summed E-state index contributed by atoms with van der Waals surface area (Å²) >= 11 is 0. The van der Waals surface area contributed by atoms with Crippen LogP contribution >= 0.6 is 0 Å². The first kappa shape index (κ1) is 14.2. The van der Waals surface area contributed by atoms with Crippen molar-refractivity contribution in [1.29, 1.82) is 0 Å². The summed E-state index contributed by atoms with van der Waals surface area (Å²) < 4.78 is 4.99. The van der Waals surface area contributed by atoms with Gasteiger partial charge in [-0.05, 0) is 39.4 Å². The van der Waals surface area contributed by atoms with Crippen molar-refractivity contribution in [2.45, 2.75) is 33.6 Å². The minimum Gasteiger partial charge on any atom is -0.463 e. The van der Waals surface area contributed by atoms with Crippen molar-refractivity contribution in [3.63, 3.8) is 0 Å². The molecule has 0 aromatic heterocycles. The Morgan fingerprint density at radius 2 is 1.93 bits per heavy atom. The van der Waals surface area contributed by atoms with E-state index >= 15 is 0 Å². The standard InChI is InChI=1S/C12H23NO2/c1-4-9-12(14)15-11-8-7-10-13(5-2)6-3/h4,9H,5-8,10-11H2,1-3H3/b9-4+. The van der Waals surface area contributed by atoms with Crippen LogP contribution in [-0.2, 0) is 9.53 Å². The summed E-state index contributed by atoms with van der Waals surface area (Å²) in [5, 5.41) is 0. The Bertz CT molecular complexity index is 186. The van der Waals surface area contributed by atoms with E-state index in [9.17, 15) is 4.79 Å². The van der Waals surface area contributed by atoms with Crippen LogP contribution in [0.1, 0.15) is 33.6 Å². The van der Waals surface area contributed by atoms with Crippen molar-refractivity contribution in [3.05, 3.63) is 12.2 Å². The number of carbonyl (C=O) groups excluding carboxylic acids is 1. The molecule has 0 amide bonds. The summed E-state index contributed by atoms with van der Waals surface area (Å²) in [6, 6.07) is 0. The molecule has 3 nitrogen and oxygen atoms in total. The second kappa shape index (κ2) is 9.71. The van der Waals surface area contributed by atoms with Gasteiger partial charge in [-0.2, -0.15) is 0 Å². The zero-order chi connectivity index (χ0) is 11.5. The molecule has 0 heterocycles. The second-order valence-electron chi connectivity index (χ2n) is 3.40. The average Bonchev–Trinajstić information content (AvgIpc) is 2.24. The predicted molar refractivity (Wildman–Crippen MR) is 62.8 cm³/mol. The largest absolute Gasteiger partial charge is 0.463 e. The molecular formula is C12H23NO2. The lowest BCUT2D eigenvalue weighted by Gasteiger charge is -2.17. The molecule has 0 aliphatic carbocycles. The van der Waals surface area contributed by atoms with Crippen molar-refractivity contribution >= 4 is 5.97 Å². The number of rotatable bonds is 8. The van der Waals surface area contributed by atoms with Crippen LogP contribution in [0.15, 0.2) is 12.2 Å². The molecule has 0 unspecified atom stereocenters. The van der Waals surface area contributed by atoms with E-state index in [1.807, 2.05) is 6.92 Å². The fourth-order valence-corrected chi connectivity index (χ4v) is 1.33. The fourth-order valence-electron chi connectivity index (χ4n) is 1.33. The molecule has 3 heteroatoms. The van der Waals surface area contributed by atoms with E-state index in [0.717, 1.165) is 32.5 Å². The number of esters is 1. The highest BCUT2D eigenvalue weighted by molar-refractivity contribution is 5.81. The molecule has 0 aromatic rings. The molecule has 0 spiro atoms. The van der Waals surface area contributed by atoms with E-state index in [-0.39, 0.29) is 5.97 Å². The van der Waals surface area contributed by atoms with Gasteiger partial charge < -0.3 is 9.64 Å². The molecule has 0 fully saturated rings. The first-order valence-corrected chi connectivity index (χ1v) is 5.76. The molecule has 0 saturated heterocycles. The first-order valence-electron chi connectivity index (χ1n) is 5.76. The van der Waals surface area contributed by atoms with Gasteiger partial charge >= 0.3 is 5.97 Å². The normalized spacial score (nSPS) is 11.2. The molecule has 0 radical (unpaired) electrons. The molecule has 15 heavy (non-hydrogen) atoms. The number of nitrogens with zero attached hydrogens (tertiary/aromatic N) is 1. The summed E-state index contributed by atoms with van der Waals surface area (Å²) in [5.41, 5.74) is 0. The first-order chi connectivity index (χ1) is 7.24. The Balaban J connectivity index is 3.35. The van der Waals surface area contributed by atoms with Crippen molar-refractivity contribution in [2.24, 2.45) is 0 Å². The van der Waals surface area contributed by atoms with Gasteiger partial charge in [0.15, 0.2) is 0 Å². The molecule has 0 N–H and O–H groups in total. The number of hydrogen-bond donors (Lipinski definition) is 0. The van der Waals surface area contributed by atoms with Crippen LogP contribution < -0.4 is 0 Å². The van der Waals surface area contributed by atoms with Gasteiger partial charge in [-0.3, -0.25) is 0 Å². The molecule has 0 bridgehead atoms. The van der Waals surface area contributed by atoms with Crippen LogP contribution in [-0.4, -0.2) is 37.1 Å². The summed E-state index contributed by atoms with van der Waals surface area (Å²) in [6.45, 7) is 9.94. The second-order valence-corrected chi connectivity index (χ2v) is 3.40. The van der Waals surface area contributed by atoms with Crippen LogP contribution in [0, 0.1) is 0 Å². The Morgan fingerprint density at radius 3 is 2.47 bits per heavy atom. The van der Waals surface area contributed by atoms with Gasteiger partial charge in [-0.15, -0.1) is 0 Å². The van der Waals surface area contributed by atoms with E-state index in [1.54, 1.807) is 6.08 Å². The smallest absolute Gasteiger partial charge is 0.330 e. The number of unbranched alkanes of at least 4 members (excludes halogenated alkanes) is 1. The van der Waals surface area contributed by atoms with E-state index in [2.05, 4.69) is 18.7 Å². The number of allylic oxidation sites excluding steroid dienone is 1. The van der Waals surface area contributed by atoms with Crippen molar-refractivity contribution < 1.29 is 9.53 Å². The molecule has 0 aliphatic heterocycles. The van der Waals surface area contributed by atoms with Gasteiger partial charge in [-0.25, -0.2) is 4.79 Å².